The summed E-state index contributed by atoms with van der Waals surface area (Å²) in [6, 6.07) is 16.9. The normalized spacial score (nSPS) is 14.0. The lowest BCUT2D eigenvalue weighted by molar-refractivity contribution is 0.145. The van der Waals surface area contributed by atoms with Crippen molar-refractivity contribution >= 4 is 0 Å². The van der Waals surface area contributed by atoms with Crippen molar-refractivity contribution in [2.45, 2.75) is 45.6 Å². The second-order valence-electron chi connectivity index (χ2n) is 5.60. The van der Waals surface area contributed by atoms with E-state index in [1.165, 1.54) is 22.3 Å². The maximum atomic E-state index is 10.6. The van der Waals surface area contributed by atoms with E-state index in [9.17, 15) is 5.11 Å². The Labute approximate surface area is 122 Å². The van der Waals surface area contributed by atoms with E-state index in [4.69, 9.17) is 0 Å². The fraction of sp³-hybridized carbons (Fsp3) is 0.368. The molecule has 1 N–H and O–H groups in total. The summed E-state index contributed by atoms with van der Waals surface area (Å²) in [6.07, 6.45) is 1.49. The SMILES string of the molecule is CCCC(O)C(c1ccccc1)c1cc(C)ccc1C. The molecule has 0 saturated carbocycles. The molecular formula is C19H24O. The largest absolute Gasteiger partial charge is 0.392 e. The highest BCUT2D eigenvalue weighted by Crippen LogP contribution is 2.32. The van der Waals surface area contributed by atoms with Crippen LogP contribution in [0.3, 0.4) is 0 Å². The van der Waals surface area contributed by atoms with Gasteiger partial charge in [-0.3, -0.25) is 0 Å². The Bertz CT molecular complexity index is 545. The van der Waals surface area contributed by atoms with Crippen LogP contribution >= 0.6 is 0 Å². The molecule has 2 unspecified atom stereocenters. The average Bonchev–Trinajstić information content (AvgIpc) is 2.44. The fourth-order valence-corrected chi connectivity index (χ4v) is 2.83. The van der Waals surface area contributed by atoms with Gasteiger partial charge in [0.1, 0.15) is 0 Å². The Morgan fingerprint density at radius 1 is 1.00 bits per heavy atom. The molecule has 1 heteroatoms. The molecule has 0 heterocycles. The maximum Gasteiger partial charge on any atom is 0.0649 e. The predicted molar refractivity (Wildman–Crippen MR) is 85.1 cm³/mol. The minimum atomic E-state index is -0.331. The monoisotopic (exact) mass is 268 g/mol. The van der Waals surface area contributed by atoms with Crippen LogP contribution in [0.4, 0.5) is 0 Å². The number of hydrogen-bond donors (Lipinski definition) is 1. The van der Waals surface area contributed by atoms with Crippen LogP contribution in [0.25, 0.3) is 0 Å². The van der Waals surface area contributed by atoms with Gasteiger partial charge in [-0.1, -0.05) is 67.4 Å². The first kappa shape index (κ1) is 14.8. The smallest absolute Gasteiger partial charge is 0.0649 e. The number of aryl methyl sites for hydroxylation is 2. The molecule has 0 spiro atoms. The van der Waals surface area contributed by atoms with Gasteiger partial charge < -0.3 is 5.11 Å². The minimum absolute atomic E-state index is 0.0658. The quantitative estimate of drug-likeness (QED) is 0.840. The fourth-order valence-electron chi connectivity index (χ4n) is 2.83. The Morgan fingerprint density at radius 2 is 1.70 bits per heavy atom. The molecule has 0 fully saturated rings. The number of hydrogen-bond acceptors (Lipinski definition) is 1. The van der Waals surface area contributed by atoms with Crippen molar-refractivity contribution in [1.82, 2.24) is 0 Å². The first-order valence-electron chi connectivity index (χ1n) is 7.43. The second kappa shape index (κ2) is 6.71. The van der Waals surface area contributed by atoms with Crippen molar-refractivity contribution in [1.29, 1.82) is 0 Å². The highest BCUT2D eigenvalue weighted by Gasteiger charge is 2.23. The van der Waals surface area contributed by atoms with E-state index >= 15 is 0 Å². The van der Waals surface area contributed by atoms with Crippen LogP contribution in [-0.4, -0.2) is 11.2 Å². The van der Waals surface area contributed by atoms with E-state index < -0.39 is 0 Å². The van der Waals surface area contributed by atoms with Crippen molar-refractivity contribution < 1.29 is 5.11 Å². The third-order valence-electron chi connectivity index (χ3n) is 3.90. The molecule has 0 aromatic heterocycles. The van der Waals surface area contributed by atoms with Gasteiger partial charge in [-0.05, 0) is 37.0 Å². The summed E-state index contributed by atoms with van der Waals surface area (Å²) in [5.74, 6) is 0.0658. The molecule has 0 saturated heterocycles. The molecule has 106 valence electrons. The van der Waals surface area contributed by atoms with E-state index in [1.807, 2.05) is 18.2 Å². The van der Waals surface area contributed by atoms with Crippen LogP contribution in [0.2, 0.25) is 0 Å². The molecular weight excluding hydrogens is 244 g/mol. The van der Waals surface area contributed by atoms with Crippen molar-refractivity contribution in [2.24, 2.45) is 0 Å². The summed E-state index contributed by atoms with van der Waals surface area (Å²) in [7, 11) is 0. The molecule has 0 aliphatic carbocycles. The van der Waals surface area contributed by atoms with Crippen molar-refractivity contribution in [3.63, 3.8) is 0 Å². The van der Waals surface area contributed by atoms with Crippen LogP contribution in [0.5, 0.6) is 0 Å². The molecule has 0 bridgehead atoms. The van der Waals surface area contributed by atoms with Crippen LogP contribution < -0.4 is 0 Å². The zero-order valence-electron chi connectivity index (χ0n) is 12.6. The van der Waals surface area contributed by atoms with Gasteiger partial charge in [0.2, 0.25) is 0 Å². The van der Waals surface area contributed by atoms with Crippen LogP contribution in [-0.2, 0) is 0 Å². The number of aliphatic hydroxyl groups is 1. The van der Waals surface area contributed by atoms with Crippen LogP contribution in [0.1, 0.15) is 47.9 Å². The Hall–Kier alpha value is -1.60. The van der Waals surface area contributed by atoms with E-state index in [0.29, 0.717) is 0 Å². The lowest BCUT2D eigenvalue weighted by Gasteiger charge is -2.25. The summed E-state index contributed by atoms with van der Waals surface area (Å²) in [6.45, 7) is 6.36. The summed E-state index contributed by atoms with van der Waals surface area (Å²) in [5.41, 5.74) is 4.94. The Balaban J connectivity index is 2.48. The third-order valence-corrected chi connectivity index (χ3v) is 3.90. The van der Waals surface area contributed by atoms with Gasteiger partial charge in [-0.2, -0.15) is 0 Å². The Morgan fingerprint density at radius 3 is 2.35 bits per heavy atom. The summed E-state index contributed by atoms with van der Waals surface area (Å²) >= 11 is 0. The van der Waals surface area contributed by atoms with E-state index in [-0.39, 0.29) is 12.0 Å². The Kier molecular flexibility index (Phi) is 4.97. The number of aliphatic hydroxyl groups excluding tert-OH is 1. The van der Waals surface area contributed by atoms with E-state index in [0.717, 1.165) is 12.8 Å². The summed E-state index contributed by atoms with van der Waals surface area (Å²) in [5, 5.41) is 10.6. The van der Waals surface area contributed by atoms with Gasteiger partial charge in [0.15, 0.2) is 0 Å². The third kappa shape index (κ3) is 3.29. The average molecular weight is 268 g/mol. The van der Waals surface area contributed by atoms with Crippen molar-refractivity contribution in [3.05, 3.63) is 70.8 Å². The second-order valence-corrected chi connectivity index (χ2v) is 5.60. The standard InChI is InChI=1S/C19H24O/c1-4-8-18(20)19(16-9-6-5-7-10-16)17-13-14(2)11-12-15(17)3/h5-7,9-13,18-20H,4,8H2,1-3H3. The van der Waals surface area contributed by atoms with E-state index in [1.54, 1.807) is 0 Å². The van der Waals surface area contributed by atoms with Gasteiger partial charge in [0.25, 0.3) is 0 Å². The lowest BCUT2D eigenvalue weighted by atomic mass is 9.82. The minimum Gasteiger partial charge on any atom is -0.392 e. The molecule has 0 aliphatic rings. The molecule has 2 aromatic carbocycles. The van der Waals surface area contributed by atoms with Gasteiger partial charge in [-0.25, -0.2) is 0 Å². The van der Waals surface area contributed by atoms with Gasteiger partial charge in [0, 0.05) is 5.92 Å². The molecule has 0 radical (unpaired) electrons. The molecule has 1 nitrogen and oxygen atoms in total. The van der Waals surface area contributed by atoms with Crippen LogP contribution in [0.15, 0.2) is 48.5 Å². The first-order valence-corrected chi connectivity index (χ1v) is 7.43. The molecule has 20 heavy (non-hydrogen) atoms. The van der Waals surface area contributed by atoms with E-state index in [2.05, 4.69) is 51.1 Å². The van der Waals surface area contributed by atoms with Gasteiger partial charge >= 0.3 is 0 Å². The maximum absolute atomic E-state index is 10.6. The molecule has 0 aliphatic heterocycles. The molecule has 2 aromatic rings. The number of benzene rings is 2. The van der Waals surface area contributed by atoms with Crippen molar-refractivity contribution in [2.75, 3.05) is 0 Å². The van der Waals surface area contributed by atoms with Gasteiger partial charge in [0.05, 0.1) is 6.10 Å². The summed E-state index contributed by atoms with van der Waals surface area (Å²) < 4.78 is 0. The zero-order valence-corrected chi connectivity index (χ0v) is 12.6. The lowest BCUT2D eigenvalue weighted by Crippen LogP contribution is -2.20. The first-order chi connectivity index (χ1) is 9.63. The molecule has 0 amide bonds. The topological polar surface area (TPSA) is 20.2 Å². The summed E-state index contributed by atoms with van der Waals surface area (Å²) in [4.78, 5) is 0. The highest BCUT2D eigenvalue weighted by molar-refractivity contribution is 5.40. The highest BCUT2D eigenvalue weighted by atomic mass is 16.3. The predicted octanol–water partition coefficient (Wildman–Crippen LogP) is 4.60. The number of rotatable bonds is 5. The molecule has 2 atom stereocenters. The molecule has 2 rings (SSSR count). The van der Waals surface area contributed by atoms with Gasteiger partial charge in [-0.15, -0.1) is 0 Å². The van der Waals surface area contributed by atoms with Crippen molar-refractivity contribution in [3.8, 4) is 0 Å². The zero-order chi connectivity index (χ0) is 14.5. The van der Waals surface area contributed by atoms with Crippen LogP contribution in [0, 0.1) is 13.8 Å².